The number of nitrogens with one attached hydrogen (secondary N) is 1. The van der Waals surface area contributed by atoms with Gasteiger partial charge < -0.3 is 10.2 Å². The van der Waals surface area contributed by atoms with E-state index in [0.717, 1.165) is 24.9 Å². The van der Waals surface area contributed by atoms with Crippen molar-refractivity contribution in [3.05, 3.63) is 0 Å². The zero-order valence-corrected chi connectivity index (χ0v) is 13.4. The van der Waals surface area contributed by atoms with Crippen LogP contribution in [0, 0.1) is 23.7 Å². The van der Waals surface area contributed by atoms with Gasteiger partial charge in [0.15, 0.2) is 9.84 Å². The third-order valence-corrected chi connectivity index (χ3v) is 8.71. The van der Waals surface area contributed by atoms with Crippen LogP contribution >= 0.6 is 0 Å². The number of rotatable bonds is 3. The molecular formula is C15H24N2O3S. The summed E-state index contributed by atoms with van der Waals surface area (Å²) in [5, 5.41) is 2.88. The van der Waals surface area contributed by atoms with E-state index in [2.05, 4.69) is 5.32 Å². The van der Waals surface area contributed by atoms with E-state index in [1.165, 1.54) is 25.5 Å². The number of hydrogen-bond donors (Lipinski definition) is 1. The molecule has 0 radical (unpaired) electrons. The number of carbonyl (C=O) groups is 1. The normalized spacial score (nSPS) is 39.4. The fourth-order valence-corrected chi connectivity index (χ4v) is 6.19. The van der Waals surface area contributed by atoms with Crippen molar-refractivity contribution in [1.29, 1.82) is 0 Å². The largest absolute Gasteiger partial charge is 0.336 e. The van der Waals surface area contributed by atoms with Gasteiger partial charge in [0.2, 0.25) is 0 Å². The highest BCUT2D eigenvalue weighted by Crippen LogP contribution is 2.55. The molecule has 4 aliphatic rings. The Bertz CT molecular complexity index is 551. The second-order valence-corrected chi connectivity index (χ2v) is 10.1. The highest BCUT2D eigenvalue weighted by atomic mass is 32.2. The maximum Gasteiger partial charge on any atom is 0.317 e. The summed E-state index contributed by atoms with van der Waals surface area (Å²) in [5.74, 6) is 3.09. The Morgan fingerprint density at radius 2 is 1.76 bits per heavy atom. The summed E-state index contributed by atoms with van der Waals surface area (Å²) in [6.45, 7) is 2.04. The number of carbonyl (C=O) groups excluding carboxylic acids is 1. The monoisotopic (exact) mass is 312 g/mol. The average Bonchev–Trinajstić information content (AvgIpc) is 2.82. The minimum atomic E-state index is -3.07. The molecule has 0 aromatic heterocycles. The van der Waals surface area contributed by atoms with Crippen LogP contribution in [0.1, 0.15) is 32.1 Å². The van der Waals surface area contributed by atoms with E-state index < -0.39 is 14.6 Å². The fourth-order valence-electron chi connectivity index (χ4n) is 5.01. The van der Waals surface area contributed by atoms with E-state index in [4.69, 9.17) is 0 Å². The van der Waals surface area contributed by atoms with Gasteiger partial charge in [-0.15, -0.1) is 0 Å². The predicted octanol–water partition coefficient (Wildman–Crippen LogP) is 1.25. The minimum absolute atomic E-state index is 0.0567. The molecule has 4 fully saturated rings. The van der Waals surface area contributed by atoms with Crippen LogP contribution in [0.4, 0.5) is 4.79 Å². The molecule has 118 valence electrons. The Hall–Kier alpha value is -0.780. The van der Waals surface area contributed by atoms with Crippen molar-refractivity contribution >= 4 is 15.9 Å². The number of likely N-dealkylation sites (tertiary alicyclic amines) is 1. The third-order valence-electron chi connectivity index (χ3n) is 6.58. The lowest BCUT2D eigenvalue weighted by Crippen LogP contribution is -2.44. The second kappa shape index (κ2) is 4.37. The molecule has 1 heterocycles. The van der Waals surface area contributed by atoms with E-state index >= 15 is 0 Å². The van der Waals surface area contributed by atoms with Crippen LogP contribution in [0.25, 0.3) is 0 Å². The zero-order chi connectivity index (χ0) is 14.8. The van der Waals surface area contributed by atoms with E-state index in [-0.39, 0.29) is 12.6 Å². The molecule has 0 aromatic carbocycles. The molecule has 0 spiro atoms. The first-order valence-corrected chi connectivity index (χ1v) is 10.0. The van der Waals surface area contributed by atoms with Crippen molar-refractivity contribution < 1.29 is 13.2 Å². The summed E-state index contributed by atoms with van der Waals surface area (Å²) < 4.78 is 22.8. The molecule has 4 rings (SSSR count). The molecular weight excluding hydrogens is 288 g/mol. The summed E-state index contributed by atoms with van der Waals surface area (Å²) >= 11 is 0. The quantitative estimate of drug-likeness (QED) is 0.853. The molecule has 21 heavy (non-hydrogen) atoms. The Kier molecular flexibility index (Phi) is 2.88. The molecule has 2 amide bonds. The topological polar surface area (TPSA) is 66.5 Å². The molecule has 4 atom stereocenters. The number of hydrogen-bond acceptors (Lipinski definition) is 3. The van der Waals surface area contributed by atoms with Crippen LogP contribution in [-0.4, -0.2) is 50.0 Å². The minimum Gasteiger partial charge on any atom is -0.336 e. The van der Waals surface area contributed by atoms with Crippen LogP contribution in [0.3, 0.4) is 0 Å². The van der Waals surface area contributed by atoms with Crippen LogP contribution in [0.5, 0.6) is 0 Å². The first kappa shape index (κ1) is 13.9. The number of nitrogens with zero attached hydrogens (tertiary/aromatic N) is 1. The maximum atomic E-state index is 12.3. The lowest BCUT2D eigenvalue weighted by molar-refractivity contribution is 0.203. The first-order chi connectivity index (χ1) is 9.90. The molecule has 6 heteroatoms. The molecule has 0 aromatic rings. The average molecular weight is 312 g/mol. The molecule has 1 saturated heterocycles. The Balaban J connectivity index is 1.35. The lowest BCUT2D eigenvalue weighted by atomic mass is 9.82. The molecule has 5 nitrogen and oxygen atoms in total. The molecule has 1 aliphatic heterocycles. The second-order valence-electron chi connectivity index (χ2n) is 7.68. The van der Waals surface area contributed by atoms with Crippen LogP contribution in [-0.2, 0) is 9.84 Å². The maximum absolute atomic E-state index is 12.3. The summed E-state index contributed by atoms with van der Waals surface area (Å²) in [6.07, 6.45) is 6.71. The Labute approximate surface area is 126 Å². The van der Waals surface area contributed by atoms with Gasteiger partial charge in [-0.1, -0.05) is 0 Å². The number of sulfone groups is 1. The molecule has 4 unspecified atom stereocenters. The van der Waals surface area contributed by atoms with Crippen molar-refractivity contribution in [1.82, 2.24) is 10.2 Å². The van der Waals surface area contributed by atoms with E-state index in [9.17, 15) is 13.2 Å². The van der Waals surface area contributed by atoms with Gasteiger partial charge in [-0.3, -0.25) is 0 Å². The first-order valence-electron chi connectivity index (χ1n) is 8.12. The molecule has 3 aliphatic carbocycles. The molecule has 3 saturated carbocycles. The van der Waals surface area contributed by atoms with Gasteiger partial charge in [0.25, 0.3) is 0 Å². The molecule has 2 bridgehead atoms. The van der Waals surface area contributed by atoms with Crippen molar-refractivity contribution in [3.63, 3.8) is 0 Å². The Morgan fingerprint density at radius 1 is 1.19 bits per heavy atom. The van der Waals surface area contributed by atoms with Crippen molar-refractivity contribution in [3.8, 4) is 0 Å². The summed E-state index contributed by atoms with van der Waals surface area (Å²) in [6, 6.07) is -0.0567. The summed E-state index contributed by atoms with van der Waals surface area (Å²) in [7, 11) is -3.07. The van der Waals surface area contributed by atoms with Crippen molar-refractivity contribution in [2.75, 3.05) is 25.9 Å². The smallest absolute Gasteiger partial charge is 0.317 e. The van der Waals surface area contributed by atoms with Gasteiger partial charge in [-0.2, -0.15) is 0 Å². The van der Waals surface area contributed by atoms with Crippen molar-refractivity contribution in [2.45, 2.75) is 36.9 Å². The third kappa shape index (κ3) is 2.09. The van der Waals surface area contributed by atoms with Gasteiger partial charge in [-0.05, 0) is 55.8 Å². The van der Waals surface area contributed by atoms with Gasteiger partial charge in [0.05, 0.1) is 4.75 Å². The summed E-state index contributed by atoms with van der Waals surface area (Å²) in [4.78, 5) is 14.3. The number of fused-ring (bicyclic) bond motifs is 5. The highest BCUT2D eigenvalue weighted by molar-refractivity contribution is 7.92. The Morgan fingerprint density at radius 3 is 2.24 bits per heavy atom. The fraction of sp³-hybridized carbons (Fsp3) is 0.933. The lowest BCUT2D eigenvalue weighted by Gasteiger charge is -2.22. The van der Waals surface area contributed by atoms with E-state index in [1.807, 2.05) is 4.90 Å². The molecule has 1 N–H and O–H groups in total. The highest BCUT2D eigenvalue weighted by Gasteiger charge is 2.54. The zero-order valence-electron chi connectivity index (χ0n) is 12.5. The van der Waals surface area contributed by atoms with Gasteiger partial charge in [0, 0.05) is 25.9 Å². The standard InChI is InChI=1S/C15H24N2O3S/c1-21(19,20)15(4-5-15)9-16-14(18)17-7-12-10-2-3-11(6-10)13(12)8-17/h10-13H,2-9H2,1H3,(H,16,18). The van der Waals surface area contributed by atoms with E-state index in [1.54, 1.807) is 0 Å². The summed E-state index contributed by atoms with van der Waals surface area (Å²) in [5.41, 5.74) is 0. The number of urea groups is 1. The van der Waals surface area contributed by atoms with Crippen molar-refractivity contribution in [2.24, 2.45) is 23.7 Å². The van der Waals surface area contributed by atoms with Gasteiger partial charge in [0.1, 0.15) is 0 Å². The van der Waals surface area contributed by atoms with Crippen LogP contribution in [0.2, 0.25) is 0 Å². The van der Waals surface area contributed by atoms with Gasteiger partial charge in [-0.25, -0.2) is 13.2 Å². The number of amides is 2. The predicted molar refractivity (Wildman–Crippen MR) is 79.6 cm³/mol. The van der Waals surface area contributed by atoms with E-state index in [0.29, 0.717) is 24.7 Å². The van der Waals surface area contributed by atoms with Gasteiger partial charge >= 0.3 is 6.03 Å². The van der Waals surface area contributed by atoms with Crippen LogP contribution in [0.15, 0.2) is 0 Å². The SMILES string of the molecule is CS(=O)(=O)C1(CNC(=O)N2CC3C4CCC(C4)C3C2)CC1. The van der Waals surface area contributed by atoms with Crippen LogP contribution < -0.4 is 5.32 Å².